The Morgan fingerprint density at radius 2 is 2.46 bits per heavy atom. The van der Waals surface area contributed by atoms with Gasteiger partial charge in [0.15, 0.2) is 0 Å². The van der Waals surface area contributed by atoms with Gasteiger partial charge >= 0.3 is 5.97 Å². The highest BCUT2D eigenvalue weighted by atomic mass is 16.5. The normalized spacial score (nSPS) is 27.5. The maximum absolute atomic E-state index is 11.3. The predicted octanol–water partition coefficient (Wildman–Crippen LogP) is 0.651. The first-order chi connectivity index (χ1) is 6.25. The van der Waals surface area contributed by atoms with Crippen LogP contribution in [0.15, 0.2) is 0 Å². The van der Waals surface area contributed by atoms with E-state index < -0.39 is 6.23 Å². The van der Waals surface area contributed by atoms with E-state index in [-0.39, 0.29) is 11.9 Å². The molecule has 0 saturated carbocycles. The van der Waals surface area contributed by atoms with Crippen molar-refractivity contribution < 1.29 is 14.3 Å². The maximum Gasteiger partial charge on any atom is 0.313 e. The summed E-state index contributed by atoms with van der Waals surface area (Å²) in [5.74, 6) is -0.463. The van der Waals surface area contributed by atoms with Crippen LogP contribution in [-0.4, -0.2) is 25.4 Å². The maximum atomic E-state index is 11.3. The van der Waals surface area contributed by atoms with E-state index >= 15 is 0 Å². The Hall–Kier alpha value is -0.610. The molecule has 1 fully saturated rings. The molecule has 2 atom stereocenters. The second-order valence-corrected chi connectivity index (χ2v) is 3.25. The van der Waals surface area contributed by atoms with Crippen LogP contribution >= 0.6 is 0 Å². The van der Waals surface area contributed by atoms with Gasteiger partial charge in [-0.3, -0.25) is 4.79 Å². The predicted molar refractivity (Wildman–Crippen MR) is 47.9 cm³/mol. The van der Waals surface area contributed by atoms with E-state index in [1.165, 1.54) is 0 Å². The smallest absolute Gasteiger partial charge is 0.313 e. The van der Waals surface area contributed by atoms with Gasteiger partial charge in [-0.1, -0.05) is 13.3 Å². The lowest BCUT2D eigenvalue weighted by molar-refractivity contribution is -0.150. The van der Waals surface area contributed by atoms with Crippen molar-refractivity contribution >= 4 is 5.97 Å². The number of carbonyl (C=O) groups is 1. The number of nitrogens with two attached hydrogens (primary N) is 1. The van der Waals surface area contributed by atoms with Gasteiger partial charge in [0.2, 0.25) is 0 Å². The van der Waals surface area contributed by atoms with Crippen LogP contribution in [0.5, 0.6) is 0 Å². The summed E-state index contributed by atoms with van der Waals surface area (Å²) >= 11 is 0. The molecule has 2 unspecified atom stereocenters. The molecule has 0 aromatic carbocycles. The monoisotopic (exact) mass is 187 g/mol. The van der Waals surface area contributed by atoms with Crippen LogP contribution in [0.4, 0.5) is 0 Å². The number of carbonyl (C=O) groups excluding carboxylic acids is 1. The molecule has 76 valence electrons. The summed E-state index contributed by atoms with van der Waals surface area (Å²) < 4.78 is 10.1. The van der Waals surface area contributed by atoms with Gasteiger partial charge in [-0.15, -0.1) is 0 Å². The van der Waals surface area contributed by atoms with Gasteiger partial charge in [-0.2, -0.15) is 0 Å². The first kappa shape index (κ1) is 10.5. The minimum absolute atomic E-state index is 0.210. The van der Waals surface area contributed by atoms with Gasteiger partial charge in [-0.05, 0) is 12.8 Å². The highest BCUT2D eigenvalue weighted by molar-refractivity contribution is 5.73. The molecule has 1 rings (SSSR count). The van der Waals surface area contributed by atoms with Crippen LogP contribution in [0.3, 0.4) is 0 Å². The van der Waals surface area contributed by atoms with E-state index in [1.807, 2.05) is 0 Å². The lowest BCUT2D eigenvalue weighted by Crippen LogP contribution is -2.33. The second kappa shape index (κ2) is 5.19. The van der Waals surface area contributed by atoms with E-state index in [4.69, 9.17) is 15.2 Å². The van der Waals surface area contributed by atoms with E-state index in [0.29, 0.717) is 19.6 Å². The van der Waals surface area contributed by atoms with E-state index in [2.05, 4.69) is 6.92 Å². The molecule has 4 nitrogen and oxygen atoms in total. The molecule has 0 bridgehead atoms. The van der Waals surface area contributed by atoms with Crippen LogP contribution in [0.25, 0.3) is 0 Å². The molecule has 4 heteroatoms. The van der Waals surface area contributed by atoms with Crippen LogP contribution < -0.4 is 5.73 Å². The Morgan fingerprint density at radius 3 is 3.00 bits per heavy atom. The first-order valence-corrected chi connectivity index (χ1v) is 4.79. The largest absolute Gasteiger partial charge is 0.465 e. The molecule has 0 amide bonds. The molecule has 2 N–H and O–H groups in total. The standard InChI is InChI=1S/C9H17NO3/c1-2-3-5-13-9(11)7-4-6-12-8(7)10/h7-8H,2-6,10H2,1H3. The average molecular weight is 187 g/mol. The molecule has 1 aliphatic heterocycles. The van der Waals surface area contributed by atoms with Crippen LogP contribution in [-0.2, 0) is 14.3 Å². The summed E-state index contributed by atoms with van der Waals surface area (Å²) in [7, 11) is 0. The fraction of sp³-hybridized carbons (Fsp3) is 0.889. The third-order valence-electron chi connectivity index (χ3n) is 2.18. The van der Waals surface area contributed by atoms with Crippen molar-refractivity contribution in [3.63, 3.8) is 0 Å². The van der Waals surface area contributed by atoms with Crippen LogP contribution in [0, 0.1) is 5.92 Å². The van der Waals surface area contributed by atoms with Crippen molar-refractivity contribution in [2.24, 2.45) is 11.7 Å². The summed E-state index contributed by atoms with van der Waals surface area (Å²) in [4.78, 5) is 11.3. The zero-order valence-electron chi connectivity index (χ0n) is 7.99. The molecule has 0 spiro atoms. The highest BCUT2D eigenvalue weighted by Crippen LogP contribution is 2.18. The number of hydrogen-bond acceptors (Lipinski definition) is 4. The lowest BCUT2D eigenvalue weighted by Gasteiger charge is -2.12. The molecule has 1 aliphatic rings. The third kappa shape index (κ3) is 2.97. The van der Waals surface area contributed by atoms with Gasteiger partial charge in [0.1, 0.15) is 6.23 Å². The molecule has 1 saturated heterocycles. The van der Waals surface area contributed by atoms with Gasteiger partial charge < -0.3 is 15.2 Å². The van der Waals surface area contributed by atoms with Crippen molar-refractivity contribution in [2.45, 2.75) is 32.4 Å². The highest BCUT2D eigenvalue weighted by Gasteiger charge is 2.32. The molecule has 0 radical (unpaired) electrons. The van der Waals surface area contributed by atoms with Gasteiger partial charge in [0.05, 0.1) is 12.5 Å². The van der Waals surface area contributed by atoms with Crippen molar-refractivity contribution in [2.75, 3.05) is 13.2 Å². The van der Waals surface area contributed by atoms with Crippen molar-refractivity contribution in [3.05, 3.63) is 0 Å². The summed E-state index contributed by atoms with van der Waals surface area (Å²) in [5, 5.41) is 0. The minimum atomic E-state index is -0.464. The fourth-order valence-electron chi connectivity index (χ4n) is 1.29. The number of ether oxygens (including phenoxy) is 2. The Bertz CT molecular complexity index is 172. The van der Waals surface area contributed by atoms with Crippen molar-refractivity contribution in [1.82, 2.24) is 0 Å². The van der Waals surface area contributed by atoms with Crippen LogP contribution in [0.1, 0.15) is 26.2 Å². The molecule has 0 aromatic heterocycles. The Balaban J connectivity index is 2.22. The Labute approximate surface area is 78.4 Å². The van der Waals surface area contributed by atoms with Crippen molar-refractivity contribution in [3.8, 4) is 0 Å². The molecular formula is C9H17NO3. The summed E-state index contributed by atoms with van der Waals surface area (Å²) in [5.41, 5.74) is 5.56. The zero-order valence-corrected chi connectivity index (χ0v) is 7.99. The molecule has 13 heavy (non-hydrogen) atoms. The SMILES string of the molecule is CCCCOC(=O)C1CCOC1N. The summed E-state index contributed by atoms with van der Waals surface area (Å²) in [6, 6.07) is 0. The molecule has 0 aromatic rings. The zero-order chi connectivity index (χ0) is 9.68. The van der Waals surface area contributed by atoms with Gasteiger partial charge in [-0.25, -0.2) is 0 Å². The van der Waals surface area contributed by atoms with Crippen LogP contribution in [0.2, 0.25) is 0 Å². The number of rotatable bonds is 4. The summed E-state index contributed by atoms with van der Waals surface area (Å²) in [6.45, 7) is 3.12. The minimum Gasteiger partial charge on any atom is -0.465 e. The topological polar surface area (TPSA) is 61.5 Å². The number of esters is 1. The van der Waals surface area contributed by atoms with Crippen molar-refractivity contribution in [1.29, 1.82) is 0 Å². The quantitative estimate of drug-likeness (QED) is 0.518. The summed E-state index contributed by atoms with van der Waals surface area (Å²) in [6.07, 6.45) is 2.16. The third-order valence-corrected chi connectivity index (χ3v) is 2.18. The second-order valence-electron chi connectivity index (χ2n) is 3.25. The van der Waals surface area contributed by atoms with E-state index in [0.717, 1.165) is 12.8 Å². The Morgan fingerprint density at radius 1 is 1.69 bits per heavy atom. The average Bonchev–Trinajstić information content (AvgIpc) is 2.52. The molecule has 1 heterocycles. The molecular weight excluding hydrogens is 170 g/mol. The van der Waals surface area contributed by atoms with Gasteiger partial charge in [0, 0.05) is 6.61 Å². The lowest BCUT2D eigenvalue weighted by atomic mass is 10.1. The van der Waals surface area contributed by atoms with E-state index in [1.54, 1.807) is 0 Å². The van der Waals surface area contributed by atoms with Gasteiger partial charge in [0.25, 0.3) is 0 Å². The number of unbranched alkanes of at least 4 members (excludes halogenated alkanes) is 1. The number of hydrogen-bond donors (Lipinski definition) is 1. The molecule has 0 aliphatic carbocycles. The first-order valence-electron chi connectivity index (χ1n) is 4.79. The van der Waals surface area contributed by atoms with E-state index in [9.17, 15) is 4.79 Å². The fourth-order valence-corrected chi connectivity index (χ4v) is 1.29. The Kier molecular flexibility index (Phi) is 4.18.